The second kappa shape index (κ2) is 13.5. The van der Waals surface area contributed by atoms with Crippen LogP contribution in [0.25, 0.3) is 11.0 Å². The van der Waals surface area contributed by atoms with E-state index in [9.17, 15) is 18.0 Å². The molecule has 0 aliphatic carbocycles. The number of hydrogen-bond acceptors (Lipinski definition) is 8. The van der Waals surface area contributed by atoms with E-state index in [0.29, 0.717) is 47.5 Å². The van der Waals surface area contributed by atoms with E-state index in [0.717, 1.165) is 25.9 Å². The fourth-order valence-corrected chi connectivity index (χ4v) is 8.48. The SMILES string of the molecule is COc1ccc(S(=O)(=O)n2c(=O)n(C(C(=O)N3CCN(C4CCN(C)CC4)CC3)c3ccccc3)c3cc(Cl)c(Cl)cc32)c(OC)c1. The topological polar surface area (TPSA) is 106 Å². The summed E-state index contributed by atoms with van der Waals surface area (Å²) < 4.78 is 41.2. The first-order valence-electron chi connectivity index (χ1n) is 15.4. The Morgan fingerprint density at radius 3 is 2.11 bits per heavy atom. The number of halogens is 2. The third-order valence-electron chi connectivity index (χ3n) is 9.20. The van der Waals surface area contributed by atoms with E-state index in [2.05, 4.69) is 16.8 Å². The Morgan fingerprint density at radius 2 is 1.49 bits per heavy atom. The van der Waals surface area contributed by atoms with E-state index in [1.54, 1.807) is 29.2 Å². The molecule has 0 N–H and O–H groups in total. The Balaban J connectivity index is 1.47. The van der Waals surface area contributed by atoms with E-state index >= 15 is 0 Å². The number of carbonyl (C=O) groups is 1. The van der Waals surface area contributed by atoms with E-state index in [1.165, 1.54) is 49.1 Å². The number of carbonyl (C=O) groups excluding carboxylic acids is 1. The zero-order chi connectivity index (χ0) is 33.5. The Labute approximate surface area is 283 Å². The number of likely N-dealkylation sites (tertiary alicyclic amines) is 1. The first kappa shape index (κ1) is 33.4. The van der Waals surface area contributed by atoms with E-state index in [-0.39, 0.29) is 37.6 Å². The van der Waals surface area contributed by atoms with Gasteiger partial charge in [-0.15, -0.1) is 0 Å². The maximum absolute atomic E-state index is 14.6. The molecule has 0 bridgehead atoms. The van der Waals surface area contributed by atoms with Crippen LogP contribution in [0.5, 0.6) is 11.5 Å². The summed E-state index contributed by atoms with van der Waals surface area (Å²) in [7, 11) is 0.311. The Hall–Kier alpha value is -3.55. The first-order chi connectivity index (χ1) is 22.5. The number of hydrogen-bond donors (Lipinski definition) is 0. The van der Waals surface area contributed by atoms with Gasteiger partial charge >= 0.3 is 5.69 Å². The molecule has 2 saturated heterocycles. The van der Waals surface area contributed by atoms with Gasteiger partial charge in [0.1, 0.15) is 22.4 Å². The zero-order valence-corrected chi connectivity index (χ0v) is 28.8. The molecule has 3 heterocycles. The number of benzene rings is 3. The van der Waals surface area contributed by atoms with Crippen molar-refractivity contribution in [3.8, 4) is 11.5 Å². The summed E-state index contributed by atoms with van der Waals surface area (Å²) in [6.45, 7) is 4.48. The minimum absolute atomic E-state index is 0.0182. The standard InChI is InChI=1S/C33H37Cl2N5O6S/c1-36-13-11-23(12-14-36)37-15-17-38(18-16-37)32(41)31(22-7-5-4-6-8-22)39-27-20-25(34)26(35)21-28(27)40(33(39)42)47(43,44)30-10-9-24(45-2)19-29(30)46-3/h4-10,19-21,23,31H,11-18H2,1-3H3. The summed E-state index contributed by atoms with van der Waals surface area (Å²) in [6, 6.07) is 15.1. The summed E-state index contributed by atoms with van der Waals surface area (Å²) in [6.07, 6.45) is 2.17. The van der Waals surface area contributed by atoms with Gasteiger partial charge in [0.05, 0.1) is 35.3 Å². The van der Waals surface area contributed by atoms with Crippen molar-refractivity contribution in [3.05, 3.63) is 86.8 Å². The molecule has 1 aromatic heterocycles. The fourth-order valence-electron chi connectivity index (χ4n) is 6.63. The molecular weight excluding hydrogens is 665 g/mol. The van der Waals surface area contributed by atoms with E-state index in [1.807, 2.05) is 6.07 Å². The summed E-state index contributed by atoms with van der Waals surface area (Å²) in [5.41, 5.74) is -0.291. The Bertz CT molecular complexity index is 1950. The van der Waals surface area contributed by atoms with Crippen molar-refractivity contribution >= 4 is 50.2 Å². The summed E-state index contributed by atoms with van der Waals surface area (Å²) in [5.74, 6) is 0.0392. The van der Waals surface area contributed by atoms with Gasteiger partial charge < -0.3 is 19.3 Å². The highest BCUT2D eigenvalue weighted by atomic mass is 35.5. The van der Waals surface area contributed by atoms with Gasteiger partial charge in [-0.1, -0.05) is 53.5 Å². The normalized spacial score (nSPS) is 17.6. The molecule has 0 saturated carbocycles. The van der Waals surface area contributed by atoms with Crippen molar-refractivity contribution in [3.63, 3.8) is 0 Å². The van der Waals surface area contributed by atoms with Crippen molar-refractivity contribution in [1.29, 1.82) is 0 Å². The lowest BCUT2D eigenvalue weighted by molar-refractivity contribution is -0.135. The largest absolute Gasteiger partial charge is 0.497 e. The first-order valence-corrected chi connectivity index (χ1v) is 17.6. The average molecular weight is 703 g/mol. The molecule has 6 rings (SSSR count). The van der Waals surface area contributed by atoms with Gasteiger partial charge in [0.2, 0.25) is 0 Å². The molecule has 14 heteroatoms. The van der Waals surface area contributed by atoms with Gasteiger partial charge in [-0.2, -0.15) is 3.97 Å². The fraction of sp³-hybridized carbons (Fsp3) is 0.394. The second-order valence-corrected chi connectivity index (χ2v) is 14.5. The van der Waals surface area contributed by atoms with Gasteiger partial charge in [0.15, 0.2) is 0 Å². The number of rotatable bonds is 8. The van der Waals surface area contributed by atoms with Gasteiger partial charge in [-0.25, -0.2) is 13.2 Å². The minimum atomic E-state index is -4.60. The average Bonchev–Trinajstić information content (AvgIpc) is 3.36. The molecule has 250 valence electrons. The molecule has 2 aliphatic rings. The number of ether oxygens (including phenoxy) is 2. The molecule has 2 fully saturated rings. The predicted octanol–water partition coefficient (Wildman–Crippen LogP) is 4.19. The molecule has 4 aromatic rings. The van der Waals surface area contributed by atoms with Crippen molar-refractivity contribution in [1.82, 2.24) is 23.2 Å². The van der Waals surface area contributed by atoms with Crippen molar-refractivity contribution < 1.29 is 22.7 Å². The number of piperazine rings is 1. The Kier molecular flexibility index (Phi) is 9.59. The van der Waals surface area contributed by atoms with Gasteiger partial charge in [0, 0.05) is 38.3 Å². The highest BCUT2D eigenvalue weighted by molar-refractivity contribution is 7.90. The molecule has 0 radical (unpaired) electrons. The number of piperidine rings is 1. The van der Waals surface area contributed by atoms with Crippen LogP contribution in [-0.2, 0) is 14.8 Å². The molecule has 1 amide bonds. The highest BCUT2D eigenvalue weighted by Crippen LogP contribution is 2.35. The van der Waals surface area contributed by atoms with Crippen LogP contribution in [-0.4, -0.2) is 104 Å². The van der Waals surface area contributed by atoms with Gasteiger partial charge in [-0.05, 0) is 62.8 Å². The molecule has 1 atom stereocenters. The lowest BCUT2D eigenvalue weighted by Gasteiger charge is -2.42. The molecule has 1 unspecified atom stereocenters. The summed E-state index contributed by atoms with van der Waals surface area (Å²) >= 11 is 12.9. The molecule has 3 aromatic carbocycles. The second-order valence-electron chi connectivity index (χ2n) is 11.9. The van der Waals surface area contributed by atoms with Gasteiger partial charge in [-0.3, -0.25) is 14.3 Å². The number of nitrogens with zero attached hydrogens (tertiary/aromatic N) is 5. The lowest BCUT2D eigenvalue weighted by Crippen LogP contribution is -2.55. The number of amides is 1. The molecule has 11 nitrogen and oxygen atoms in total. The number of fused-ring (bicyclic) bond motifs is 1. The van der Waals surface area contributed by atoms with Crippen molar-refractivity contribution in [2.75, 3.05) is 60.5 Å². The maximum Gasteiger partial charge on any atom is 0.344 e. The number of aromatic nitrogens is 2. The molecule has 2 aliphatic heterocycles. The minimum Gasteiger partial charge on any atom is -0.497 e. The third kappa shape index (κ3) is 6.25. The number of methoxy groups -OCH3 is 2. The van der Waals surface area contributed by atoms with Crippen LogP contribution in [0.2, 0.25) is 10.0 Å². The zero-order valence-electron chi connectivity index (χ0n) is 26.4. The van der Waals surface area contributed by atoms with Crippen LogP contribution >= 0.6 is 23.2 Å². The van der Waals surface area contributed by atoms with Crippen LogP contribution in [0.15, 0.2) is 70.4 Å². The van der Waals surface area contributed by atoms with Gasteiger partial charge in [0.25, 0.3) is 15.9 Å². The number of imidazole rings is 1. The monoisotopic (exact) mass is 701 g/mol. The van der Waals surface area contributed by atoms with Crippen LogP contribution in [0.3, 0.4) is 0 Å². The maximum atomic E-state index is 14.6. The Morgan fingerprint density at radius 1 is 0.851 bits per heavy atom. The van der Waals surface area contributed by atoms with Crippen LogP contribution < -0.4 is 15.2 Å². The van der Waals surface area contributed by atoms with Crippen LogP contribution in [0.1, 0.15) is 24.4 Å². The van der Waals surface area contributed by atoms with Crippen molar-refractivity contribution in [2.45, 2.75) is 29.8 Å². The smallest absolute Gasteiger partial charge is 0.344 e. The predicted molar refractivity (Wildman–Crippen MR) is 182 cm³/mol. The quantitative estimate of drug-likeness (QED) is 0.269. The lowest BCUT2D eigenvalue weighted by atomic mass is 10.0. The van der Waals surface area contributed by atoms with Crippen LogP contribution in [0, 0.1) is 0 Å². The molecular formula is C33H37Cl2N5O6S. The summed E-state index contributed by atoms with van der Waals surface area (Å²) in [5, 5.41) is 0.157. The van der Waals surface area contributed by atoms with E-state index < -0.39 is 21.8 Å². The van der Waals surface area contributed by atoms with E-state index in [4.69, 9.17) is 32.7 Å². The third-order valence-corrected chi connectivity index (χ3v) is 11.7. The van der Waals surface area contributed by atoms with Crippen LogP contribution in [0.4, 0.5) is 0 Å². The highest BCUT2D eigenvalue weighted by Gasteiger charge is 2.37. The molecule has 47 heavy (non-hydrogen) atoms. The molecule has 0 spiro atoms. The van der Waals surface area contributed by atoms with Crippen molar-refractivity contribution in [2.24, 2.45) is 0 Å². The summed E-state index contributed by atoms with van der Waals surface area (Å²) in [4.78, 5) is 35.4.